The molecule has 2 N–H and O–H groups in total. The van der Waals surface area contributed by atoms with Gasteiger partial charge in [0.25, 0.3) is 0 Å². The van der Waals surface area contributed by atoms with Crippen molar-refractivity contribution in [3.05, 3.63) is 0 Å². The van der Waals surface area contributed by atoms with Crippen LogP contribution >= 0.6 is 0 Å². The number of aliphatic hydroxyl groups excluding tert-OH is 1. The number of hydrogen-bond acceptors (Lipinski definition) is 4. The zero-order chi connectivity index (χ0) is 12.0. The van der Waals surface area contributed by atoms with E-state index >= 15 is 0 Å². The van der Waals surface area contributed by atoms with Crippen LogP contribution in [-0.2, 0) is 4.79 Å². The summed E-state index contributed by atoms with van der Waals surface area (Å²) in [5, 5.41) is 11.3. The quantitative estimate of drug-likeness (QED) is 0.643. The first kappa shape index (κ1) is 13.4. The van der Waals surface area contributed by atoms with Crippen molar-refractivity contribution >= 4 is 5.91 Å². The van der Waals surface area contributed by atoms with E-state index in [2.05, 4.69) is 29.2 Å². The van der Waals surface area contributed by atoms with Gasteiger partial charge in [-0.15, -0.1) is 0 Å². The number of nitrogens with zero attached hydrogens (tertiary/aromatic N) is 2. The zero-order valence-corrected chi connectivity index (χ0v) is 10.3. The van der Waals surface area contributed by atoms with E-state index in [0.717, 1.165) is 25.9 Å². The first-order valence-electron chi connectivity index (χ1n) is 5.90. The SMILES string of the molecule is CN(C)C1CCN(CC(=O)NCCO)CC1. The summed E-state index contributed by atoms with van der Waals surface area (Å²) in [6, 6.07) is 0.650. The summed E-state index contributed by atoms with van der Waals surface area (Å²) in [6.07, 6.45) is 2.25. The standard InChI is InChI=1S/C11H23N3O2/c1-13(2)10-3-6-14(7-4-10)9-11(16)12-5-8-15/h10,15H,3-9H2,1-2H3,(H,12,16). The van der Waals surface area contributed by atoms with Crippen molar-refractivity contribution in [2.75, 3.05) is 46.9 Å². The average molecular weight is 229 g/mol. The van der Waals surface area contributed by atoms with E-state index in [9.17, 15) is 4.79 Å². The van der Waals surface area contributed by atoms with Gasteiger partial charge in [0.1, 0.15) is 0 Å². The summed E-state index contributed by atoms with van der Waals surface area (Å²) in [5.74, 6) is 0.0114. The Balaban J connectivity index is 2.19. The highest BCUT2D eigenvalue weighted by Crippen LogP contribution is 2.13. The summed E-state index contributed by atoms with van der Waals surface area (Å²) >= 11 is 0. The van der Waals surface area contributed by atoms with Crippen molar-refractivity contribution in [2.24, 2.45) is 0 Å². The molecule has 0 aromatic rings. The third-order valence-electron chi connectivity index (χ3n) is 3.09. The van der Waals surface area contributed by atoms with Gasteiger partial charge in [0, 0.05) is 25.7 Å². The normalized spacial score (nSPS) is 19.0. The maximum Gasteiger partial charge on any atom is 0.234 e. The van der Waals surface area contributed by atoms with Crippen molar-refractivity contribution in [1.29, 1.82) is 0 Å². The Hall–Kier alpha value is -0.650. The fourth-order valence-corrected chi connectivity index (χ4v) is 2.05. The van der Waals surface area contributed by atoms with E-state index < -0.39 is 0 Å². The Morgan fingerprint density at radius 2 is 2.06 bits per heavy atom. The van der Waals surface area contributed by atoms with Gasteiger partial charge >= 0.3 is 0 Å². The molecule has 0 unspecified atom stereocenters. The van der Waals surface area contributed by atoms with E-state index in [1.165, 1.54) is 0 Å². The summed E-state index contributed by atoms with van der Waals surface area (Å²) < 4.78 is 0. The second-order valence-electron chi connectivity index (χ2n) is 4.54. The molecular weight excluding hydrogens is 206 g/mol. The van der Waals surface area contributed by atoms with Crippen molar-refractivity contribution in [2.45, 2.75) is 18.9 Å². The molecular formula is C11H23N3O2. The smallest absolute Gasteiger partial charge is 0.234 e. The number of aliphatic hydroxyl groups is 1. The van der Waals surface area contributed by atoms with Gasteiger partial charge in [0.2, 0.25) is 5.91 Å². The number of piperidine rings is 1. The summed E-state index contributed by atoms with van der Waals surface area (Å²) in [7, 11) is 4.21. The molecule has 0 atom stereocenters. The molecule has 1 aliphatic rings. The van der Waals surface area contributed by atoms with Gasteiger partial charge in [-0.2, -0.15) is 0 Å². The van der Waals surface area contributed by atoms with Crippen molar-refractivity contribution < 1.29 is 9.90 Å². The highest BCUT2D eigenvalue weighted by Gasteiger charge is 2.21. The van der Waals surface area contributed by atoms with Crippen molar-refractivity contribution in [3.63, 3.8) is 0 Å². The molecule has 1 aliphatic heterocycles. The number of carbonyl (C=O) groups is 1. The molecule has 0 aliphatic carbocycles. The minimum atomic E-state index is 0.00838. The predicted octanol–water partition coefficient (Wildman–Crippen LogP) is -0.879. The molecule has 1 rings (SSSR count). The first-order chi connectivity index (χ1) is 7.63. The van der Waals surface area contributed by atoms with E-state index in [1.54, 1.807) is 0 Å². The molecule has 0 spiro atoms. The number of carbonyl (C=O) groups excluding carboxylic acids is 1. The van der Waals surface area contributed by atoms with Crippen LogP contribution in [0.15, 0.2) is 0 Å². The minimum Gasteiger partial charge on any atom is -0.395 e. The van der Waals surface area contributed by atoms with Gasteiger partial charge in [0.05, 0.1) is 13.2 Å². The van der Waals surface area contributed by atoms with Crippen LogP contribution in [0.3, 0.4) is 0 Å². The maximum atomic E-state index is 11.4. The van der Waals surface area contributed by atoms with E-state index in [0.29, 0.717) is 19.1 Å². The number of nitrogens with one attached hydrogen (secondary N) is 1. The lowest BCUT2D eigenvalue weighted by Gasteiger charge is -2.34. The van der Waals surface area contributed by atoms with Crippen LogP contribution in [0.1, 0.15) is 12.8 Å². The van der Waals surface area contributed by atoms with Gasteiger partial charge in [-0.1, -0.05) is 0 Å². The Labute approximate surface area is 97.4 Å². The summed E-state index contributed by atoms with van der Waals surface area (Å²) in [6.45, 7) is 2.78. The molecule has 16 heavy (non-hydrogen) atoms. The first-order valence-corrected chi connectivity index (χ1v) is 5.90. The molecule has 1 saturated heterocycles. The Kier molecular flexibility index (Phi) is 5.73. The fourth-order valence-electron chi connectivity index (χ4n) is 2.05. The highest BCUT2D eigenvalue weighted by molar-refractivity contribution is 5.77. The third kappa shape index (κ3) is 4.47. The molecule has 1 heterocycles. The Morgan fingerprint density at radius 3 is 2.56 bits per heavy atom. The number of amides is 1. The van der Waals surface area contributed by atoms with Gasteiger partial charge in [0.15, 0.2) is 0 Å². The monoisotopic (exact) mass is 229 g/mol. The average Bonchev–Trinajstić information content (AvgIpc) is 2.27. The molecule has 0 saturated carbocycles. The second kappa shape index (κ2) is 6.83. The topological polar surface area (TPSA) is 55.8 Å². The highest BCUT2D eigenvalue weighted by atomic mass is 16.3. The van der Waals surface area contributed by atoms with Crippen LogP contribution in [0.5, 0.6) is 0 Å². The summed E-state index contributed by atoms with van der Waals surface area (Å²) in [4.78, 5) is 15.8. The second-order valence-corrected chi connectivity index (χ2v) is 4.54. The van der Waals surface area contributed by atoms with Gasteiger partial charge in [-0.05, 0) is 26.9 Å². The fraction of sp³-hybridized carbons (Fsp3) is 0.909. The number of hydrogen-bond donors (Lipinski definition) is 2. The van der Waals surface area contributed by atoms with E-state index in [-0.39, 0.29) is 12.5 Å². The number of rotatable bonds is 5. The summed E-state index contributed by atoms with van der Waals surface area (Å²) in [5.41, 5.74) is 0. The van der Waals surface area contributed by atoms with Crippen molar-refractivity contribution in [1.82, 2.24) is 15.1 Å². The van der Waals surface area contributed by atoms with Crippen LogP contribution in [0.25, 0.3) is 0 Å². The third-order valence-corrected chi connectivity index (χ3v) is 3.09. The molecule has 0 bridgehead atoms. The van der Waals surface area contributed by atoms with E-state index in [1.807, 2.05) is 0 Å². The van der Waals surface area contributed by atoms with Crippen molar-refractivity contribution in [3.8, 4) is 0 Å². The van der Waals surface area contributed by atoms with Crippen LogP contribution in [0.4, 0.5) is 0 Å². The largest absolute Gasteiger partial charge is 0.395 e. The Morgan fingerprint density at radius 1 is 1.44 bits per heavy atom. The Bertz CT molecular complexity index is 213. The molecule has 94 valence electrons. The predicted molar refractivity (Wildman–Crippen MR) is 63.2 cm³/mol. The zero-order valence-electron chi connectivity index (χ0n) is 10.3. The lowest BCUT2D eigenvalue weighted by Crippen LogP contribution is -2.46. The van der Waals surface area contributed by atoms with Gasteiger partial charge in [-0.3, -0.25) is 9.69 Å². The minimum absolute atomic E-state index is 0.00838. The molecule has 1 fully saturated rings. The van der Waals surface area contributed by atoms with Gasteiger partial charge < -0.3 is 15.3 Å². The molecule has 1 amide bonds. The molecule has 5 nitrogen and oxygen atoms in total. The molecule has 0 radical (unpaired) electrons. The van der Waals surface area contributed by atoms with Crippen LogP contribution < -0.4 is 5.32 Å². The van der Waals surface area contributed by atoms with E-state index in [4.69, 9.17) is 5.11 Å². The maximum absolute atomic E-state index is 11.4. The lowest BCUT2D eigenvalue weighted by molar-refractivity contribution is -0.122. The van der Waals surface area contributed by atoms with Crippen LogP contribution in [0.2, 0.25) is 0 Å². The van der Waals surface area contributed by atoms with Crippen LogP contribution in [-0.4, -0.2) is 73.7 Å². The van der Waals surface area contributed by atoms with Gasteiger partial charge in [-0.25, -0.2) is 0 Å². The van der Waals surface area contributed by atoms with Crippen LogP contribution in [0, 0.1) is 0 Å². The number of likely N-dealkylation sites (tertiary alicyclic amines) is 1. The molecule has 5 heteroatoms. The lowest BCUT2D eigenvalue weighted by atomic mass is 10.0. The molecule has 0 aromatic heterocycles. The molecule has 0 aromatic carbocycles.